The predicted octanol–water partition coefficient (Wildman–Crippen LogP) is 2.14. The molecule has 0 aliphatic rings. The van der Waals surface area contributed by atoms with E-state index in [0.717, 1.165) is 0 Å². The van der Waals surface area contributed by atoms with Crippen LogP contribution in [0, 0.1) is 0 Å². The summed E-state index contributed by atoms with van der Waals surface area (Å²) in [5.74, 6) is 0.611. The number of fused-ring (bicyclic) bond motifs is 1. The van der Waals surface area contributed by atoms with Crippen LogP contribution in [0.25, 0.3) is 5.65 Å². The molecule has 0 aliphatic carbocycles. The Balaban J connectivity index is 2.17. The van der Waals surface area contributed by atoms with Crippen LogP contribution in [-0.2, 0) is 4.74 Å². The number of hydrogen-bond acceptors (Lipinski definition) is 5. The van der Waals surface area contributed by atoms with E-state index in [0.29, 0.717) is 17.3 Å². The molecular formula is C13H19N5O2. The molecule has 2 rings (SSSR count). The van der Waals surface area contributed by atoms with Crippen molar-refractivity contribution in [2.75, 3.05) is 24.3 Å². The minimum absolute atomic E-state index is 0.496. The fraction of sp³-hybridized carbons (Fsp3) is 0.462. The first-order valence-electron chi connectivity index (χ1n) is 6.28. The molecule has 1 N–H and O–H groups in total. The Hall–Kier alpha value is -2.31. The number of nitrogens with one attached hydrogen (secondary N) is 1. The molecular weight excluding hydrogens is 258 g/mol. The lowest BCUT2D eigenvalue weighted by atomic mass is 10.2. The molecule has 0 aromatic carbocycles. The second-order valence-electron chi connectivity index (χ2n) is 5.65. The predicted molar refractivity (Wildman–Crippen MR) is 77.2 cm³/mol. The molecule has 20 heavy (non-hydrogen) atoms. The van der Waals surface area contributed by atoms with Gasteiger partial charge in [-0.3, -0.25) is 5.32 Å². The van der Waals surface area contributed by atoms with E-state index < -0.39 is 11.7 Å². The summed E-state index contributed by atoms with van der Waals surface area (Å²) in [6.45, 7) is 5.45. The number of amides is 1. The fourth-order valence-corrected chi connectivity index (χ4v) is 1.56. The van der Waals surface area contributed by atoms with Crippen molar-refractivity contribution in [1.29, 1.82) is 0 Å². The zero-order valence-corrected chi connectivity index (χ0v) is 12.3. The Bertz CT molecular complexity index is 627. The lowest BCUT2D eigenvalue weighted by Gasteiger charge is -2.19. The lowest BCUT2D eigenvalue weighted by Crippen LogP contribution is -2.27. The van der Waals surface area contributed by atoms with Crippen LogP contribution in [0.2, 0.25) is 0 Å². The Morgan fingerprint density at radius 3 is 2.65 bits per heavy atom. The molecule has 0 bridgehead atoms. The second-order valence-corrected chi connectivity index (χ2v) is 5.65. The van der Waals surface area contributed by atoms with Crippen molar-refractivity contribution >= 4 is 23.4 Å². The van der Waals surface area contributed by atoms with E-state index in [1.54, 1.807) is 22.8 Å². The molecule has 2 aromatic rings. The average molecular weight is 277 g/mol. The maximum Gasteiger partial charge on any atom is 0.412 e. The molecule has 0 saturated carbocycles. The molecule has 1 amide bonds. The first-order chi connectivity index (χ1) is 9.24. The number of nitrogens with zero attached hydrogens (tertiary/aromatic N) is 4. The van der Waals surface area contributed by atoms with Gasteiger partial charge in [-0.1, -0.05) is 0 Å². The lowest BCUT2D eigenvalue weighted by molar-refractivity contribution is 0.0636. The summed E-state index contributed by atoms with van der Waals surface area (Å²) < 4.78 is 6.81. The van der Waals surface area contributed by atoms with E-state index in [1.165, 1.54) is 0 Å². The van der Waals surface area contributed by atoms with E-state index in [-0.39, 0.29) is 0 Å². The van der Waals surface area contributed by atoms with Crippen molar-refractivity contribution in [2.45, 2.75) is 26.4 Å². The van der Waals surface area contributed by atoms with Crippen molar-refractivity contribution in [3.8, 4) is 0 Å². The summed E-state index contributed by atoms with van der Waals surface area (Å²) in [6, 6.07) is 3.54. The highest BCUT2D eigenvalue weighted by molar-refractivity contribution is 5.84. The zero-order valence-electron chi connectivity index (χ0n) is 12.3. The van der Waals surface area contributed by atoms with Crippen LogP contribution in [-0.4, -0.2) is 40.4 Å². The Labute approximate surface area is 117 Å². The Morgan fingerprint density at radius 2 is 2.05 bits per heavy atom. The number of anilines is 2. The highest BCUT2D eigenvalue weighted by Gasteiger charge is 2.16. The topological polar surface area (TPSA) is 71.8 Å². The minimum Gasteiger partial charge on any atom is -0.444 e. The van der Waals surface area contributed by atoms with Crippen LogP contribution in [0.3, 0.4) is 0 Å². The van der Waals surface area contributed by atoms with Gasteiger partial charge in [0, 0.05) is 14.1 Å². The van der Waals surface area contributed by atoms with Crippen LogP contribution in [0.15, 0.2) is 18.3 Å². The number of rotatable bonds is 2. The average Bonchev–Trinajstić information content (AvgIpc) is 2.69. The summed E-state index contributed by atoms with van der Waals surface area (Å²) in [5, 5.41) is 6.96. The fourth-order valence-electron chi connectivity index (χ4n) is 1.56. The zero-order chi connectivity index (χ0) is 14.9. The van der Waals surface area contributed by atoms with Gasteiger partial charge in [-0.05, 0) is 32.9 Å². The normalized spacial score (nSPS) is 11.4. The van der Waals surface area contributed by atoms with E-state index in [9.17, 15) is 4.79 Å². The first kappa shape index (κ1) is 14.1. The third kappa shape index (κ3) is 3.37. The minimum atomic E-state index is -0.528. The van der Waals surface area contributed by atoms with Gasteiger partial charge in [0.05, 0.1) is 11.9 Å². The van der Waals surface area contributed by atoms with Crippen molar-refractivity contribution < 1.29 is 9.53 Å². The Morgan fingerprint density at radius 1 is 1.35 bits per heavy atom. The number of pyridine rings is 1. The number of carbonyl (C=O) groups is 1. The summed E-state index contributed by atoms with van der Waals surface area (Å²) in [4.78, 5) is 17.8. The van der Waals surface area contributed by atoms with Crippen molar-refractivity contribution in [3.63, 3.8) is 0 Å². The quantitative estimate of drug-likeness (QED) is 0.910. The van der Waals surface area contributed by atoms with E-state index in [1.807, 2.05) is 39.8 Å². The van der Waals surface area contributed by atoms with E-state index in [2.05, 4.69) is 15.4 Å². The summed E-state index contributed by atoms with van der Waals surface area (Å²) in [7, 11) is 3.74. The molecule has 2 heterocycles. The highest BCUT2D eigenvalue weighted by atomic mass is 16.6. The van der Waals surface area contributed by atoms with Gasteiger partial charge in [0.15, 0.2) is 5.65 Å². The molecule has 7 heteroatoms. The van der Waals surface area contributed by atoms with Crippen LogP contribution in [0.4, 0.5) is 16.4 Å². The van der Waals surface area contributed by atoms with Gasteiger partial charge >= 0.3 is 6.09 Å². The number of hydrogen-bond donors (Lipinski definition) is 1. The standard InChI is InChI=1S/C13H19N5O2/c1-13(2,3)20-12(19)14-9-6-7-10-15-11(17(4)5)16-18(10)8-9/h6-8H,1-5H3,(H,14,19). The maximum absolute atomic E-state index is 11.7. The number of carbonyl (C=O) groups excluding carboxylic acids is 1. The molecule has 0 spiro atoms. The van der Waals surface area contributed by atoms with Crippen molar-refractivity contribution in [2.24, 2.45) is 0 Å². The van der Waals surface area contributed by atoms with Gasteiger partial charge in [0.25, 0.3) is 0 Å². The third-order valence-corrected chi connectivity index (χ3v) is 2.37. The summed E-state index contributed by atoms with van der Waals surface area (Å²) >= 11 is 0. The van der Waals surface area contributed by atoms with Crippen LogP contribution >= 0.6 is 0 Å². The van der Waals surface area contributed by atoms with Gasteiger partial charge < -0.3 is 9.64 Å². The highest BCUT2D eigenvalue weighted by Crippen LogP contribution is 2.14. The molecule has 0 fully saturated rings. The maximum atomic E-state index is 11.7. The summed E-state index contributed by atoms with van der Waals surface area (Å²) in [5.41, 5.74) is 0.782. The van der Waals surface area contributed by atoms with E-state index >= 15 is 0 Å². The van der Waals surface area contributed by atoms with Crippen LogP contribution < -0.4 is 10.2 Å². The van der Waals surface area contributed by atoms with E-state index in [4.69, 9.17) is 4.74 Å². The smallest absolute Gasteiger partial charge is 0.412 e. The molecule has 0 atom stereocenters. The first-order valence-corrected chi connectivity index (χ1v) is 6.28. The van der Waals surface area contributed by atoms with Crippen molar-refractivity contribution in [3.05, 3.63) is 18.3 Å². The Kier molecular flexibility index (Phi) is 3.52. The molecule has 108 valence electrons. The molecule has 2 aromatic heterocycles. The van der Waals surface area contributed by atoms with Gasteiger partial charge in [-0.2, -0.15) is 4.98 Å². The van der Waals surface area contributed by atoms with Crippen molar-refractivity contribution in [1.82, 2.24) is 14.6 Å². The second kappa shape index (κ2) is 4.99. The summed E-state index contributed by atoms with van der Waals surface area (Å²) in [6.07, 6.45) is 1.20. The van der Waals surface area contributed by atoms with Gasteiger partial charge in [0.1, 0.15) is 5.60 Å². The largest absolute Gasteiger partial charge is 0.444 e. The van der Waals surface area contributed by atoms with Crippen LogP contribution in [0.1, 0.15) is 20.8 Å². The molecule has 0 saturated heterocycles. The SMILES string of the molecule is CN(C)c1nc2ccc(NC(=O)OC(C)(C)C)cn2n1. The number of ether oxygens (including phenoxy) is 1. The third-order valence-electron chi connectivity index (χ3n) is 2.37. The molecule has 0 radical (unpaired) electrons. The molecule has 7 nitrogen and oxygen atoms in total. The van der Waals surface area contributed by atoms with Gasteiger partial charge in [0.2, 0.25) is 5.95 Å². The van der Waals surface area contributed by atoms with Crippen LogP contribution in [0.5, 0.6) is 0 Å². The molecule has 0 aliphatic heterocycles. The molecule has 0 unspecified atom stereocenters. The van der Waals surface area contributed by atoms with Gasteiger partial charge in [-0.15, -0.1) is 5.10 Å². The number of aromatic nitrogens is 3. The monoisotopic (exact) mass is 277 g/mol. The van der Waals surface area contributed by atoms with Gasteiger partial charge in [-0.25, -0.2) is 9.31 Å².